The molecule has 0 atom stereocenters. The number of aromatic carboxylic acids is 1. The van der Waals surface area contributed by atoms with Crippen LogP contribution in [0.1, 0.15) is 10.4 Å². The van der Waals surface area contributed by atoms with E-state index >= 15 is 0 Å². The molecule has 1 N–H and O–H groups in total. The lowest BCUT2D eigenvalue weighted by molar-refractivity contribution is 0.0697. The molecule has 0 spiro atoms. The maximum absolute atomic E-state index is 10.8. The number of carboxylic acids is 1. The Morgan fingerprint density at radius 2 is 1.80 bits per heavy atom. The van der Waals surface area contributed by atoms with Gasteiger partial charge in [-0.05, 0) is 36.4 Å². The van der Waals surface area contributed by atoms with Gasteiger partial charge in [0.25, 0.3) is 0 Å². The summed E-state index contributed by atoms with van der Waals surface area (Å²) >= 11 is 0. The molecule has 3 aromatic rings. The van der Waals surface area contributed by atoms with Gasteiger partial charge in [-0.15, -0.1) is 0 Å². The number of hydrogen-bond acceptors (Lipinski definition) is 4. The minimum atomic E-state index is -0.965. The van der Waals surface area contributed by atoms with Crippen molar-refractivity contribution in [1.29, 1.82) is 0 Å². The van der Waals surface area contributed by atoms with E-state index in [1.54, 1.807) is 12.1 Å². The summed E-state index contributed by atoms with van der Waals surface area (Å²) in [6.45, 7) is 0. The maximum Gasteiger partial charge on any atom is 0.335 e. The second-order valence-electron chi connectivity index (χ2n) is 4.16. The molecule has 0 bridgehead atoms. The van der Waals surface area contributed by atoms with E-state index in [0.29, 0.717) is 11.5 Å². The van der Waals surface area contributed by atoms with Crippen molar-refractivity contribution in [3.8, 4) is 11.5 Å². The Labute approximate surface area is 114 Å². The van der Waals surface area contributed by atoms with Crippen LogP contribution in [0.25, 0.3) is 10.9 Å². The van der Waals surface area contributed by atoms with E-state index < -0.39 is 5.97 Å². The number of carbonyl (C=O) groups is 1. The summed E-state index contributed by atoms with van der Waals surface area (Å²) in [6.07, 6.45) is 1.54. The van der Waals surface area contributed by atoms with Crippen molar-refractivity contribution in [2.75, 3.05) is 0 Å². The lowest BCUT2D eigenvalue weighted by Crippen LogP contribution is -1.95. The lowest BCUT2D eigenvalue weighted by atomic mass is 10.2. The minimum absolute atomic E-state index is 0.218. The predicted molar refractivity (Wildman–Crippen MR) is 73.0 cm³/mol. The quantitative estimate of drug-likeness (QED) is 0.788. The van der Waals surface area contributed by atoms with Crippen LogP contribution in [0.5, 0.6) is 11.5 Å². The van der Waals surface area contributed by atoms with Crippen LogP contribution < -0.4 is 4.74 Å². The average Bonchev–Trinajstić information content (AvgIpc) is 2.48. The van der Waals surface area contributed by atoms with E-state index in [0.717, 1.165) is 10.9 Å². The van der Waals surface area contributed by atoms with Crippen molar-refractivity contribution in [2.24, 2.45) is 0 Å². The van der Waals surface area contributed by atoms with Gasteiger partial charge in [-0.1, -0.05) is 12.1 Å². The van der Waals surface area contributed by atoms with Gasteiger partial charge in [0.05, 0.1) is 17.3 Å². The fourth-order valence-corrected chi connectivity index (χ4v) is 1.86. The molecule has 0 saturated carbocycles. The molecule has 1 aromatic heterocycles. The van der Waals surface area contributed by atoms with Crippen molar-refractivity contribution < 1.29 is 14.6 Å². The van der Waals surface area contributed by atoms with Crippen LogP contribution in [0.3, 0.4) is 0 Å². The zero-order valence-electron chi connectivity index (χ0n) is 10.4. The van der Waals surface area contributed by atoms with Crippen molar-refractivity contribution in [1.82, 2.24) is 10.2 Å². The highest BCUT2D eigenvalue weighted by molar-refractivity contribution is 5.87. The van der Waals surface area contributed by atoms with Crippen LogP contribution in [0.2, 0.25) is 0 Å². The summed E-state index contributed by atoms with van der Waals surface area (Å²) in [6, 6.07) is 13.7. The van der Waals surface area contributed by atoms with Crippen LogP contribution in [0, 0.1) is 0 Å². The van der Waals surface area contributed by atoms with Crippen molar-refractivity contribution in [2.45, 2.75) is 0 Å². The molecule has 0 aliphatic heterocycles. The minimum Gasteiger partial charge on any atom is -0.478 e. The van der Waals surface area contributed by atoms with Crippen LogP contribution in [0.15, 0.2) is 54.7 Å². The SMILES string of the molecule is O=C(O)c1ccc(Oc2cnnc3ccccc23)cc1. The third-order valence-electron chi connectivity index (χ3n) is 2.84. The standard InChI is InChI=1S/C15H10N2O3/c18-15(19)10-5-7-11(8-6-10)20-14-9-16-17-13-4-2-1-3-12(13)14/h1-9H,(H,18,19). The topological polar surface area (TPSA) is 72.3 Å². The van der Waals surface area contributed by atoms with Gasteiger partial charge in [-0.2, -0.15) is 10.2 Å². The smallest absolute Gasteiger partial charge is 0.335 e. The number of aromatic nitrogens is 2. The molecule has 2 aromatic carbocycles. The number of nitrogens with zero attached hydrogens (tertiary/aromatic N) is 2. The predicted octanol–water partition coefficient (Wildman–Crippen LogP) is 3.12. The number of rotatable bonds is 3. The Kier molecular flexibility index (Phi) is 3.01. The van der Waals surface area contributed by atoms with Gasteiger partial charge in [-0.3, -0.25) is 0 Å². The van der Waals surface area contributed by atoms with E-state index in [1.165, 1.54) is 18.3 Å². The summed E-state index contributed by atoms with van der Waals surface area (Å²) < 4.78 is 5.73. The molecular weight excluding hydrogens is 256 g/mol. The molecule has 0 fully saturated rings. The van der Waals surface area contributed by atoms with Gasteiger partial charge in [-0.25, -0.2) is 4.79 Å². The molecule has 0 unspecified atom stereocenters. The molecule has 0 saturated heterocycles. The molecule has 20 heavy (non-hydrogen) atoms. The summed E-state index contributed by atoms with van der Waals surface area (Å²) in [7, 11) is 0. The van der Waals surface area contributed by atoms with E-state index in [9.17, 15) is 4.79 Å². The Hall–Kier alpha value is -2.95. The van der Waals surface area contributed by atoms with Gasteiger partial charge in [0.2, 0.25) is 0 Å². The fraction of sp³-hybridized carbons (Fsp3) is 0. The summed E-state index contributed by atoms with van der Waals surface area (Å²) in [5, 5.41) is 17.6. The van der Waals surface area contributed by atoms with Crippen molar-refractivity contribution >= 4 is 16.9 Å². The first-order chi connectivity index (χ1) is 9.74. The summed E-state index contributed by atoms with van der Waals surface area (Å²) in [5.74, 6) is 0.166. The molecule has 0 radical (unpaired) electrons. The first kappa shape index (κ1) is 12.1. The highest BCUT2D eigenvalue weighted by Gasteiger charge is 2.06. The fourth-order valence-electron chi connectivity index (χ4n) is 1.86. The third kappa shape index (κ3) is 2.29. The molecular formula is C15H10N2O3. The Morgan fingerprint density at radius 1 is 1.05 bits per heavy atom. The summed E-state index contributed by atoms with van der Waals surface area (Å²) in [4.78, 5) is 10.8. The van der Waals surface area contributed by atoms with E-state index in [-0.39, 0.29) is 5.56 Å². The Morgan fingerprint density at radius 3 is 2.55 bits per heavy atom. The monoisotopic (exact) mass is 266 g/mol. The van der Waals surface area contributed by atoms with Crippen molar-refractivity contribution in [3.05, 3.63) is 60.3 Å². The van der Waals surface area contributed by atoms with Gasteiger partial charge >= 0.3 is 5.97 Å². The Balaban J connectivity index is 1.95. The van der Waals surface area contributed by atoms with Crippen LogP contribution in [0.4, 0.5) is 0 Å². The van der Waals surface area contributed by atoms with E-state index in [1.807, 2.05) is 24.3 Å². The first-order valence-corrected chi connectivity index (χ1v) is 5.96. The number of carboxylic acid groups (broad SMARTS) is 1. The van der Waals surface area contributed by atoms with Crippen LogP contribution in [-0.4, -0.2) is 21.3 Å². The lowest BCUT2D eigenvalue weighted by Gasteiger charge is -2.07. The number of benzene rings is 2. The van der Waals surface area contributed by atoms with Gasteiger partial charge in [0.15, 0.2) is 5.75 Å². The second-order valence-corrected chi connectivity index (χ2v) is 4.16. The Bertz CT molecular complexity index is 764. The zero-order chi connectivity index (χ0) is 13.9. The van der Waals surface area contributed by atoms with Crippen LogP contribution in [-0.2, 0) is 0 Å². The maximum atomic E-state index is 10.8. The van der Waals surface area contributed by atoms with Gasteiger partial charge in [0.1, 0.15) is 5.75 Å². The molecule has 0 aliphatic carbocycles. The first-order valence-electron chi connectivity index (χ1n) is 5.96. The van der Waals surface area contributed by atoms with E-state index in [2.05, 4.69) is 10.2 Å². The van der Waals surface area contributed by atoms with Gasteiger partial charge < -0.3 is 9.84 Å². The summed E-state index contributed by atoms with van der Waals surface area (Å²) in [5.41, 5.74) is 0.960. The highest BCUT2D eigenvalue weighted by Crippen LogP contribution is 2.27. The normalized spacial score (nSPS) is 10.4. The average molecular weight is 266 g/mol. The molecule has 3 rings (SSSR count). The zero-order valence-corrected chi connectivity index (χ0v) is 10.4. The highest BCUT2D eigenvalue weighted by atomic mass is 16.5. The number of hydrogen-bond donors (Lipinski definition) is 1. The number of fused-ring (bicyclic) bond motifs is 1. The number of ether oxygens (including phenoxy) is 1. The molecule has 1 heterocycles. The second kappa shape index (κ2) is 4.97. The van der Waals surface area contributed by atoms with E-state index in [4.69, 9.17) is 9.84 Å². The molecule has 98 valence electrons. The molecule has 5 heteroatoms. The molecule has 5 nitrogen and oxygen atoms in total. The van der Waals surface area contributed by atoms with Crippen molar-refractivity contribution in [3.63, 3.8) is 0 Å². The third-order valence-corrected chi connectivity index (χ3v) is 2.84. The molecule has 0 aliphatic rings. The van der Waals surface area contributed by atoms with Crippen LogP contribution >= 0.6 is 0 Å². The van der Waals surface area contributed by atoms with Gasteiger partial charge in [0, 0.05) is 5.39 Å². The largest absolute Gasteiger partial charge is 0.478 e. The molecule has 0 amide bonds.